The first-order chi connectivity index (χ1) is 11.2. The number of urea groups is 1. The van der Waals surface area contributed by atoms with Crippen LogP contribution >= 0.6 is 0 Å². The summed E-state index contributed by atoms with van der Waals surface area (Å²) in [4.78, 5) is 17.2. The number of para-hydroxylation sites is 1. The molecule has 0 spiro atoms. The fraction of sp³-hybridized carbons (Fsp3) is 0.632. The minimum absolute atomic E-state index is 0.0556. The molecule has 1 aromatic carbocycles. The van der Waals surface area contributed by atoms with E-state index in [1.807, 2.05) is 4.90 Å². The third-order valence-electron chi connectivity index (χ3n) is 5.41. The highest BCUT2D eigenvalue weighted by molar-refractivity contribution is 5.91. The Labute approximate surface area is 139 Å². The van der Waals surface area contributed by atoms with Crippen LogP contribution < -0.4 is 5.32 Å². The second kappa shape index (κ2) is 7.35. The molecule has 1 saturated heterocycles. The summed E-state index contributed by atoms with van der Waals surface area (Å²) in [7, 11) is 0. The molecule has 23 heavy (non-hydrogen) atoms. The zero-order chi connectivity index (χ0) is 16.2. The molecule has 2 aliphatic rings. The van der Waals surface area contributed by atoms with E-state index in [2.05, 4.69) is 42.3 Å². The lowest BCUT2D eigenvalue weighted by Gasteiger charge is -2.38. The molecule has 1 aromatic rings. The van der Waals surface area contributed by atoms with Gasteiger partial charge < -0.3 is 10.2 Å². The predicted octanol–water partition coefficient (Wildman–Crippen LogP) is 3.65. The molecule has 0 bridgehead atoms. The van der Waals surface area contributed by atoms with Crippen molar-refractivity contribution in [2.45, 2.75) is 52.0 Å². The van der Waals surface area contributed by atoms with Crippen molar-refractivity contribution in [2.24, 2.45) is 0 Å². The standard InChI is InChI=1S/C19H29N3O/c1-3-16-8-6-7-15(2)18(16)20-19(23)22-13-11-21(12-14-22)17-9-4-5-10-17/h6-8,17H,3-5,9-14H2,1-2H3,(H,20,23). The zero-order valence-corrected chi connectivity index (χ0v) is 14.5. The number of hydrogen-bond donors (Lipinski definition) is 1. The van der Waals surface area contributed by atoms with Gasteiger partial charge in [0.1, 0.15) is 0 Å². The number of hydrogen-bond acceptors (Lipinski definition) is 2. The fourth-order valence-electron chi connectivity index (χ4n) is 3.95. The van der Waals surface area contributed by atoms with Crippen molar-refractivity contribution in [1.29, 1.82) is 0 Å². The SMILES string of the molecule is CCc1cccc(C)c1NC(=O)N1CCN(C2CCCC2)CC1. The summed E-state index contributed by atoms with van der Waals surface area (Å²) in [5, 5.41) is 3.15. The van der Waals surface area contributed by atoms with Crippen LogP contribution in [0.1, 0.15) is 43.7 Å². The first-order valence-electron chi connectivity index (χ1n) is 9.07. The average Bonchev–Trinajstić information content (AvgIpc) is 3.11. The van der Waals surface area contributed by atoms with Crippen LogP contribution in [0.4, 0.5) is 10.5 Å². The highest BCUT2D eigenvalue weighted by Crippen LogP contribution is 2.25. The van der Waals surface area contributed by atoms with E-state index in [4.69, 9.17) is 0 Å². The van der Waals surface area contributed by atoms with Crippen LogP contribution in [-0.4, -0.2) is 48.1 Å². The summed E-state index contributed by atoms with van der Waals surface area (Å²) in [6, 6.07) is 7.04. The number of piperazine rings is 1. The number of aryl methyl sites for hydroxylation is 2. The van der Waals surface area contributed by atoms with Crippen molar-refractivity contribution in [3.63, 3.8) is 0 Å². The van der Waals surface area contributed by atoms with Crippen molar-refractivity contribution in [1.82, 2.24) is 9.80 Å². The Hall–Kier alpha value is -1.55. The third kappa shape index (κ3) is 3.69. The van der Waals surface area contributed by atoms with Crippen molar-refractivity contribution in [3.05, 3.63) is 29.3 Å². The van der Waals surface area contributed by atoms with E-state index in [0.29, 0.717) is 0 Å². The Morgan fingerprint density at radius 1 is 1.17 bits per heavy atom. The van der Waals surface area contributed by atoms with E-state index in [1.54, 1.807) is 0 Å². The van der Waals surface area contributed by atoms with Crippen LogP contribution in [0.15, 0.2) is 18.2 Å². The van der Waals surface area contributed by atoms with E-state index >= 15 is 0 Å². The molecule has 4 heteroatoms. The van der Waals surface area contributed by atoms with Gasteiger partial charge in [-0.1, -0.05) is 38.0 Å². The molecular weight excluding hydrogens is 286 g/mol. The average molecular weight is 315 g/mol. The number of carbonyl (C=O) groups is 1. The van der Waals surface area contributed by atoms with E-state index in [-0.39, 0.29) is 6.03 Å². The molecule has 4 nitrogen and oxygen atoms in total. The summed E-state index contributed by atoms with van der Waals surface area (Å²) in [6.07, 6.45) is 6.37. The normalized spacial score (nSPS) is 20.0. The second-order valence-corrected chi connectivity index (χ2v) is 6.85. The molecule has 2 amide bonds. The summed E-state index contributed by atoms with van der Waals surface area (Å²) < 4.78 is 0. The van der Waals surface area contributed by atoms with Crippen molar-refractivity contribution >= 4 is 11.7 Å². The van der Waals surface area contributed by atoms with Gasteiger partial charge in [0.05, 0.1) is 0 Å². The van der Waals surface area contributed by atoms with Gasteiger partial charge in [-0.3, -0.25) is 4.90 Å². The van der Waals surface area contributed by atoms with Gasteiger partial charge in [-0.25, -0.2) is 4.79 Å². The Balaban J connectivity index is 1.57. The van der Waals surface area contributed by atoms with Crippen LogP contribution in [0.5, 0.6) is 0 Å². The first kappa shape index (κ1) is 16.3. The second-order valence-electron chi connectivity index (χ2n) is 6.85. The van der Waals surface area contributed by atoms with Crippen molar-refractivity contribution in [2.75, 3.05) is 31.5 Å². The van der Waals surface area contributed by atoms with E-state index in [9.17, 15) is 4.79 Å². The molecule has 2 fully saturated rings. The number of carbonyl (C=O) groups excluding carboxylic acids is 1. The molecule has 1 heterocycles. The van der Waals surface area contributed by atoms with Gasteiger partial charge in [-0.05, 0) is 37.3 Å². The molecule has 126 valence electrons. The topological polar surface area (TPSA) is 35.6 Å². The first-order valence-corrected chi connectivity index (χ1v) is 9.07. The van der Waals surface area contributed by atoms with Gasteiger partial charge >= 0.3 is 6.03 Å². The largest absolute Gasteiger partial charge is 0.322 e. The van der Waals surface area contributed by atoms with Gasteiger partial charge in [0.15, 0.2) is 0 Å². The van der Waals surface area contributed by atoms with Gasteiger partial charge in [-0.15, -0.1) is 0 Å². The third-order valence-corrected chi connectivity index (χ3v) is 5.41. The molecule has 1 saturated carbocycles. The highest BCUT2D eigenvalue weighted by Gasteiger charge is 2.28. The molecule has 0 unspecified atom stereocenters. The maximum atomic E-state index is 12.6. The molecule has 1 aliphatic heterocycles. The minimum atomic E-state index is 0.0556. The molecule has 0 radical (unpaired) electrons. The van der Waals surface area contributed by atoms with Crippen LogP contribution in [-0.2, 0) is 6.42 Å². The Morgan fingerprint density at radius 2 is 1.87 bits per heavy atom. The Bertz CT molecular complexity index is 544. The number of benzene rings is 1. The monoisotopic (exact) mass is 315 g/mol. The number of nitrogens with zero attached hydrogens (tertiary/aromatic N) is 2. The van der Waals surface area contributed by atoms with Gasteiger partial charge in [0.25, 0.3) is 0 Å². The molecule has 1 N–H and O–H groups in total. The highest BCUT2D eigenvalue weighted by atomic mass is 16.2. The minimum Gasteiger partial charge on any atom is -0.322 e. The maximum Gasteiger partial charge on any atom is 0.321 e. The number of amides is 2. The summed E-state index contributed by atoms with van der Waals surface area (Å²) in [6.45, 7) is 7.92. The fourth-order valence-corrected chi connectivity index (χ4v) is 3.95. The summed E-state index contributed by atoms with van der Waals surface area (Å²) >= 11 is 0. The molecular formula is C19H29N3O. The molecule has 0 atom stereocenters. The smallest absolute Gasteiger partial charge is 0.321 e. The van der Waals surface area contributed by atoms with Crippen molar-refractivity contribution in [3.8, 4) is 0 Å². The lowest BCUT2D eigenvalue weighted by molar-refractivity contribution is 0.115. The van der Waals surface area contributed by atoms with Crippen LogP contribution in [0.25, 0.3) is 0 Å². The van der Waals surface area contributed by atoms with Crippen LogP contribution in [0.3, 0.4) is 0 Å². The molecule has 1 aliphatic carbocycles. The van der Waals surface area contributed by atoms with Crippen molar-refractivity contribution < 1.29 is 4.79 Å². The van der Waals surface area contributed by atoms with Crippen LogP contribution in [0, 0.1) is 6.92 Å². The Kier molecular flexibility index (Phi) is 5.21. The lowest BCUT2D eigenvalue weighted by Crippen LogP contribution is -2.52. The van der Waals surface area contributed by atoms with E-state index in [0.717, 1.165) is 49.9 Å². The summed E-state index contributed by atoms with van der Waals surface area (Å²) in [5.41, 5.74) is 3.35. The van der Waals surface area contributed by atoms with Gasteiger partial charge in [0.2, 0.25) is 0 Å². The lowest BCUT2D eigenvalue weighted by atomic mass is 10.1. The van der Waals surface area contributed by atoms with E-state index < -0.39 is 0 Å². The number of nitrogens with one attached hydrogen (secondary N) is 1. The quantitative estimate of drug-likeness (QED) is 0.924. The Morgan fingerprint density at radius 3 is 2.52 bits per heavy atom. The van der Waals surface area contributed by atoms with E-state index in [1.165, 1.54) is 31.2 Å². The maximum absolute atomic E-state index is 12.6. The molecule has 0 aromatic heterocycles. The molecule has 3 rings (SSSR count). The van der Waals surface area contributed by atoms with Crippen LogP contribution in [0.2, 0.25) is 0 Å². The predicted molar refractivity (Wildman–Crippen MR) is 95.0 cm³/mol. The number of anilines is 1. The van der Waals surface area contributed by atoms with Gasteiger partial charge in [0, 0.05) is 37.9 Å². The number of rotatable bonds is 3. The summed E-state index contributed by atoms with van der Waals surface area (Å²) in [5.74, 6) is 0. The van der Waals surface area contributed by atoms with Gasteiger partial charge in [-0.2, -0.15) is 0 Å². The zero-order valence-electron chi connectivity index (χ0n) is 14.5.